The minimum absolute atomic E-state index is 0.125. The minimum Gasteiger partial charge on any atom is -0.411 e. The Labute approximate surface area is 170 Å². The zero-order valence-corrected chi connectivity index (χ0v) is 18.6. The van der Waals surface area contributed by atoms with E-state index in [0.29, 0.717) is 12.8 Å². The molecule has 0 aromatic rings. The summed E-state index contributed by atoms with van der Waals surface area (Å²) in [6.07, 6.45) is 5.96. The van der Waals surface area contributed by atoms with Crippen LogP contribution in [0.4, 0.5) is 0 Å². The van der Waals surface area contributed by atoms with Gasteiger partial charge < -0.3 is 29.5 Å². The number of ether oxygens (including phenoxy) is 2. The normalized spacial score (nSPS) is 37.8. The number of hydrogen-bond acceptors (Lipinski definition) is 6. The van der Waals surface area contributed by atoms with E-state index in [2.05, 4.69) is 61.5 Å². The molecule has 0 spiro atoms. The average Bonchev–Trinajstić information content (AvgIpc) is 2.63. The monoisotopic (exact) mass is 392 g/mol. The average molecular weight is 393 g/mol. The Hall–Kier alpha value is -1.44. The molecule has 0 radical (unpaired) electrons. The van der Waals surface area contributed by atoms with Crippen LogP contribution < -0.4 is 0 Å². The molecule has 0 bridgehead atoms. The Morgan fingerprint density at radius 3 is 1.39 bits per heavy atom. The number of hydrogen-bond donors (Lipinski definition) is 2. The summed E-state index contributed by atoms with van der Waals surface area (Å²) in [5.41, 5.74) is -0.409. The molecule has 2 N–H and O–H groups in total. The molecule has 6 heteroatoms. The molecule has 2 heterocycles. The van der Waals surface area contributed by atoms with Gasteiger partial charge in [0.05, 0.1) is 0 Å². The van der Waals surface area contributed by atoms with Crippen LogP contribution in [0.2, 0.25) is 0 Å². The Morgan fingerprint density at radius 1 is 0.750 bits per heavy atom. The molecule has 0 amide bonds. The maximum atomic E-state index is 10.8. The molecule has 2 fully saturated rings. The van der Waals surface area contributed by atoms with E-state index < -0.39 is 11.6 Å². The van der Waals surface area contributed by atoms with E-state index in [1.165, 1.54) is 0 Å². The molecule has 28 heavy (non-hydrogen) atoms. The van der Waals surface area contributed by atoms with Crippen molar-refractivity contribution in [3.63, 3.8) is 0 Å². The third kappa shape index (κ3) is 4.11. The van der Waals surface area contributed by atoms with Crippen molar-refractivity contribution >= 4 is 0 Å². The van der Waals surface area contributed by atoms with Gasteiger partial charge in [0, 0.05) is 60.7 Å². The summed E-state index contributed by atoms with van der Waals surface area (Å²) in [4.78, 5) is 4.42. The zero-order valence-electron chi connectivity index (χ0n) is 18.6. The van der Waals surface area contributed by atoms with Crippen molar-refractivity contribution in [1.29, 1.82) is 0 Å². The van der Waals surface area contributed by atoms with E-state index >= 15 is 0 Å². The van der Waals surface area contributed by atoms with Crippen molar-refractivity contribution in [1.82, 2.24) is 9.80 Å². The van der Waals surface area contributed by atoms with Gasteiger partial charge in [0.15, 0.2) is 0 Å². The van der Waals surface area contributed by atoms with Crippen molar-refractivity contribution in [3.8, 4) is 24.1 Å². The van der Waals surface area contributed by atoms with Gasteiger partial charge in [0.1, 0.15) is 12.2 Å². The van der Waals surface area contributed by atoms with Gasteiger partial charge in [-0.05, 0) is 41.8 Å². The summed E-state index contributed by atoms with van der Waals surface area (Å²) in [6.45, 7) is 13.7. The highest BCUT2D eigenvalue weighted by atomic mass is 16.6. The van der Waals surface area contributed by atoms with Gasteiger partial charge in [-0.15, -0.1) is 0 Å². The maximum Gasteiger partial charge on any atom is 0.224 e. The van der Waals surface area contributed by atoms with E-state index in [-0.39, 0.29) is 22.9 Å². The standard InChI is InChI=1S/C22H36N2O4/c1-17-19(3,4)23(7)13-11-21(17,25)27-15-9-10-16-28-22(26)12-14-24(8)20(5,6)18(22)2/h17-18,25-26H,11-14H2,1-8H3. The molecule has 0 aromatic carbocycles. The Balaban J connectivity index is 1.98. The number of likely N-dealkylation sites (tertiary alicyclic amines) is 2. The van der Waals surface area contributed by atoms with Crippen LogP contribution in [0.1, 0.15) is 54.4 Å². The fourth-order valence-electron chi connectivity index (χ4n) is 3.99. The van der Waals surface area contributed by atoms with Crippen molar-refractivity contribution < 1.29 is 19.7 Å². The molecule has 0 aromatic heterocycles. The van der Waals surface area contributed by atoms with Gasteiger partial charge >= 0.3 is 0 Å². The maximum absolute atomic E-state index is 10.8. The lowest BCUT2D eigenvalue weighted by molar-refractivity contribution is -0.245. The van der Waals surface area contributed by atoms with Gasteiger partial charge in [0.25, 0.3) is 0 Å². The lowest BCUT2D eigenvalue weighted by atomic mass is 9.76. The summed E-state index contributed by atoms with van der Waals surface area (Å²) < 4.78 is 11.0. The Bertz CT molecular complexity index is 639. The first-order valence-electron chi connectivity index (χ1n) is 10.0. The van der Waals surface area contributed by atoms with E-state index in [1.54, 1.807) is 0 Å². The highest BCUT2D eigenvalue weighted by Gasteiger charge is 2.51. The number of rotatable bonds is 2. The molecule has 4 atom stereocenters. The van der Waals surface area contributed by atoms with E-state index in [9.17, 15) is 10.2 Å². The molecule has 6 nitrogen and oxygen atoms in total. The molecule has 0 saturated carbocycles. The number of piperidine rings is 2. The third-order valence-electron chi connectivity index (χ3n) is 7.67. The fraction of sp³-hybridized carbons (Fsp3) is 0.818. The topological polar surface area (TPSA) is 65.4 Å². The molecule has 158 valence electrons. The number of nitrogens with zero attached hydrogens (tertiary/aromatic N) is 2. The lowest BCUT2D eigenvalue weighted by Gasteiger charge is -2.51. The predicted molar refractivity (Wildman–Crippen MR) is 109 cm³/mol. The van der Waals surface area contributed by atoms with Crippen LogP contribution in [0, 0.1) is 35.9 Å². The van der Waals surface area contributed by atoms with Crippen LogP contribution >= 0.6 is 0 Å². The predicted octanol–water partition coefficient (Wildman–Crippen LogP) is 1.82. The molecular formula is C22H36N2O4. The fourth-order valence-corrected chi connectivity index (χ4v) is 3.99. The summed E-state index contributed by atoms with van der Waals surface area (Å²) in [5, 5.41) is 21.7. The van der Waals surface area contributed by atoms with E-state index in [1.807, 2.05) is 27.9 Å². The lowest BCUT2D eigenvalue weighted by Crippen LogP contribution is -2.61. The summed E-state index contributed by atoms with van der Waals surface area (Å²) in [5.74, 6) is 2.26. The molecule has 2 saturated heterocycles. The second-order valence-electron chi connectivity index (χ2n) is 9.44. The first kappa shape index (κ1) is 22.8. The van der Waals surface area contributed by atoms with Crippen LogP contribution in [0.25, 0.3) is 0 Å². The molecule has 0 aliphatic carbocycles. The molecular weight excluding hydrogens is 356 g/mol. The number of aliphatic hydroxyl groups is 2. The van der Waals surface area contributed by atoms with Gasteiger partial charge in [-0.2, -0.15) is 0 Å². The SMILES string of the molecule is CC1C(O)(OC#CC#COC2(O)CCN(C)C(C)(C)C2C)CCN(C)C1(C)C. The van der Waals surface area contributed by atoms with Crippen LogP contribution in [-0.2, 0) is 9.47 Å². The zero-order chi connectivity index (χ0) is 21.4. The smallest absolute Gasteiger partial charge is 0.224 e. The van der Waals surface area contributed by atoms with Crippen LogP contribution in [0.15, 0.2) is 0 Å². The Kier molecular flexibility index (Phi) is 6.34. The highest BCUT2D eigenvalue weighted by molar-refractivity contribution is 5.22. The first-order valence-corrected chi connectivity index (χ1v) is 10.0. The second-order valence-corrected chi connectivity index (χ2v) is 9.44. The van der Waals surface area contributed by atoms with Crippen LogP contribution in [0.3, 0.4) is 0 Å². The van der Waals surface area contributed by atoms with Crippen molar-refractivity contribution in [2.24, 2.45) is 11.8 Å². The summed E-state index contributed by atoms with van der Waals surface area (Å²) in [6, 6.07) is 0. The van der Waals surface area contributed by atoms with Crippen molar-refractivity contribution in [3.05, 3.63) is 0 Å². The second kappa shape index (κ2) is 7.76. The van der Waals surface area contributed by atoms with Crippen molar-refractivity contribution in [2.75, 3.05) is 27.2 Å². The highest BCUT2D eigenvalue weighted by Crippen LogP contribution is 2.40. The van der Waals surface area contributed by atoms with E-state index in [4.69, 9.17) is 9.47 Å². The molecule has 2 aliphatic rings. The molecule has 2 aliphatic heterocycles. The summed E-state index contributed by atoms with van der Waals surface area (Å²) >= 11 is 0. The van der Waals surface area contributed by atoms with Crippen molar-refractivity contribution in [2.45, 2.75) is 77.0 Å². The minimum atomic E-state index is -1.31. The Morgan fingerprint density at radius 2 is 1.07 bits per heavy atom. The first-order chi connectivity index (χ1) is 12.8. The van der Waals surface area contributed by atoms with Crippen LogP contribution in [-0.4, -0.2) is 69.8 Å². The summed E-state index contributed by atoms with van der Waals surface area (Å²) in [7, 11) is 4.08. The molecule has 2 rings (SSSR count). The van der Waals surface area contributed by atoms with E-state index in [0.717, 1.165) is 13.1 Å². The third-order valence-corrected chi connectivity index (χ3v) is 7.67. The van der Waals surface area contributed by atoms with Gasteiger partial charge in [-0.3, -0.25) is 0 Å². The van der Waals surface area contributed by atoms with Gasteiger partial charge in [-0.25, -0.2) is 0 Å². The van der Waals surface area contributed by atoms with Gasteiger partial charge in [-0.1, -0.05) is 13.8 Å². The largest absolute Gasteiger partial charge is 0.411 e. The van der Waals surface area contributed by atoms with Crippen LogP contribution in [0.5, 0.6) is 0 Å². The molecule has 4 unspecified atom stereocenters. The quantitative estimate of drug-likeness (QED) is 0.552. The van der Waals surface area contributed by atoms with Gasteiger partial charge in [0.2, 0.25) is 11.6 Å².